The van der Waals surface area contributed by atoms with Crippen molar-refractivity contribution in [3.05, 3.63) is 107 Å². The number of ether oxygens (including phenoxy) is 3. The fraction of sp³-hybridized carbons (Fsp3) is 0.258. The number of para-hydroxylation sites is 1. The van der Waals surface area contributed by atoms with Crippen LogP contribution in [0.15, 0.2) is 80.1 Å². The number of nitrogens with zero attached hydrogens (tertiary/aromatic N) is 2. The lowest BCUT2D eigenvalue weighted by Crippen LogP contribution is -2.40. The summed E-state index contributed by atoms with van der Waals surface area (Å²) in [5, 5.41) is 1.01. The van der Waals surface area contributed by atoms with Gasteiger partial charge in [-0.1, -0.05) is 52.7 Å². The highest BCUT2D eigenvalue weighted by Crippen LogP contribution is 2.36. The summed E-state index contributed by atoms with van der Waals surface area (Å²) in [7, 11) is 1.53. The van der Waals surface area contributed by atoms with Gasteiger partial charge in [0.05, 0.1) is 33.5 Å². The van der Waals surface area contributed by atoms with E-state index in [-0.39, 0.29) is 30.5 Å². The van der Waals surface area contributed by atoms with Gasteiger partial charge in [0.15, 0.2) is 4.80 Å². The minimum absolute atomic E-state index is 0.0604. The van der Waals surface area contributed by atoms with Gasteiger partial charge in [0.2, 0.25) is 0 Å². The number of thiazole rings is 1. The van der Waals surface area contributed by atoms with Gasteiger partial charge in [0.25, 0.3) is 5.56 Å². The van der Waals surface area contributed by atoms with Gasteiger partial charge in [-0.2, -0.15) is 0 Å². The van der Waals surface area contributed by atoms with Crippen LogP contribution in [0.2, 0.25) is 10.0 Å². The van der Waals surface area contributed by atoms with Crippen LogP contribution < -0.4 is 19.6 Å². The van der Waals surface area contributed by atoms with Crippen molar-refractivity contribution in [2.45, 2.75) is 32.9 Å². The first-order chi connectivity index (χ1) is 20.2. The molecule has 5 rings (SSSR count). The summed E-state index contributed by atoms with van der Waals surface area (Å²) in [6.07, 6.45) is 1.51. The van der Waals surface area contributed by atoms with Crippen molar-refractivity contribution >= 4 is 46.6 Å². The van der Waals surface area contributed by atoms with Crippen LogP contribution in [0.1, 0.15) is 38.1 Å². The molecular formula is C31H28Cl2N2O6S. The number of rotatable bonds is 9. The highest BCUT2D eigenvalue weighted by Gasteiger charge is 2.35. The smallest absolute Gasteiger partial charge is 0.338 e. The Morgan fingerprint density at radius 3 is 2.69 bits per heavy atom. The van der Waals surface area contributed by atoms with Crippen molar-refractivity contribution in [1.82, 2.24) is 4.57 Å². The second-order valence-electron chi connectivity index (χ2n) is 9.74. The average molecular weight is 628 g/mol. The summed E-state index contributed by atoms with van der Waals surface area (Å²) in [6, 6.07) is 15.1. The minimum atomic E-state index is -0.828. The number of benzene rings is 2. The van der Waals surface area contributed by atoms with Crippen molar-refractivity contribution < 1.29 is 23.4 Å². The van der Waals surface area contributed by atoms with E-state index in [2.05, 4.69) is 4.99 Å². The van der Waals surface area contributed by atoms with Crippen LogP contribution in [0.3, 0.4) is 0 Å². The largest absolute Gasteiger partial charge is 0.491 e. The quantitative estimate of drug-likeness (QED) is 0.173. The van der Waals surface area contributed by atoms with Crippen LogP contribution in [0.25, 0.3) is 17.4 Å². The van der Waals surface area contributed by atoms with Crippen LogP contribution in [-0.2, 0) is 14.3 Å². The Kier molecular flexibility index (Phi) is 9.03. The standard InChI is InChI=1S/C31H28Cl2N2O6S/c1-17(2)40-24-8-6-5-7-21(24)28-27(30(37)39-14-13-38-4)18(3)34-31-35(28)29(36)26(42-31)16-20-10-12-25(41-20)22-15-19(32)9-11-23(22)33/h5-12,15-17,28H,13-14H2,1-4H3/b26-16+/t28-/m1/s1. The maximum absolute atomic E-state index is 14.0. The number of furan rings is 1. The lowest BCUT2D eigenvalue weighted by atomic mass is 9.95. The lowest BCUT2D eigenvalue weighted by molar-refractivity contribution is -0.140. The third-order valence-corrected chi connectivity index (χ3v) is 7.98. The Bertz CT molecular complexity index is 1850. The van der Waals surface area contributed by atoms with E-state index >= 15 is 0 Å². The highest BCUT2D eigenvalue weighted by atomic mass is 35.5. The van der Waals surface area contributed by atoms with E-state index in [1.54, 1.807) is 43.3 Å². The molecule has 0 saturated heterocycles. The van der Waals surface area contributed by atoms with E-state index in [0.29, 0.717) is 53.5 Å². The molecule has 2 aromatic heterocycles. The van der Waals surface area contributed by atoms with Gasteiger partial charge in [0.1, 0.15) is 29.9 Å². The number of hydrogen-bond acceptors (Lipinski definition) is 8. The Labute approximate surface area is 256 Å². The maximum atomic E-state index is 14.0. The van der Waals surface area contributed by atoms with Crippen molar-refractivity contribution in [3.8, 4) is 17.1 Å². The van der Waals surface area contributed by atoms with Gasteiger partial charge < -0.3 is 18.6 Å². The number of carbonyl (C=O) groups excluding carboxylic acids is 1. The van der Waals surface area contributed by atoms with E-state index in [1.165, 1.54) is 23.0 Å². The van der Waals surface area contributed by atoms with Crippen molar-refractivity contribution in [2.75, 3.05) is 20.3 Å². The molecule has 4 aromatic rings. The fourth-order valence-electron chi connectivity index (χ4n) is 4.63. The molecule has 42 heavy (non-hydrogen) atoms. The van der Waals surface area contributed by atoms with Gasteiger partial charge in [-0.15, -0.1) is 0 Å². The number of esters is 1. The Hall–Kier alpha value is -3.63. The molecular weight excluding hydrogens is 599 g/mol. The van der Waals surface area contributed by atoms with Crippen molar-refractivity contribution in [3.63, 3.8) is 0 Å². The van der Waals surface area contributed by atoms with Gasteiger partial charge in [0, 0.05) is 29.3 Å². The van der Waals surface area contributed by atoms with E-state index in [4.69, 9.17) is 41.8 Å². The predicted octanol–water partition coefficient (Wildman–Crippen LogP) is 5.78. The summed E-state index contributed by atoms with van der Waals surface area (Å²) in [5.74, 6) is 0.927. The third kappa shape index (κ3) is 6.10. The maximum Gasteiger partial charge on any atom is 0.338 e. The van der Waals surface area contributed by atoms with E-state index < -0.39 is 12.0 Å². The topological polar surface area (TPSA) is 92.3 Å². The third-order valence-electron chi connectivity index (χ3n) is 6.43. The normalized spacial score (nSPS) is 15.1. The predicted molar refractivity (Wildman–Crippen MR) is 163 cm³/mol. The highest BCUT2D eigenvalue weighted by molar-refractivity contribution is 7.07. The molecule has 0 unspecified atom stereocenters. The van der Waals surface area contributed by atoms with Crippen LogP contribution in [0, 0.1) is 0 Å². The zero-order chi connectivity index (χ0) is 30.0. The molecule has 0 aliphatic carbocycles. The fourth-order valence-corrected chi connectivity index (χ4v) is 6.04. The van der Waals surface area contributed by atoms with E-state index in [1.807, 2.05) is 38.1 Å². The van der Waals surface area contributed by atoms with Crippen molar-refractivity contribution in [2.24, 2.45) is 4.99 Å². The molecule has 0 spiro atoms. The molecule has 1 atom stereocenters. The van der Waals surface area contributed by atoms with Crippen molar-refractivity contribution in [1.29, 1.82) is 0 Å². The number of halogens is 2. The summed E-state index contributed by atoms with van der Waals surface area (Å²) >= 11 is 13.7. The Balaban J connectivity index is 1.64. The monoisotopic (exact) mass is 626 g/mol. The zero-order valence-electron chi connectivity index (χ0n) is 23.4. The molecule has 0 bridgehead atoms. The first-order valence-corrected chi connectivity index (χ1v) is 14.7. The van der Waals surface area contributed by atoms with Gasteiger partial charge in [-0.3, -0.25) is 9.36 Å². The van der Waals surface area contributed by atoms with Crippen LogP contribution >= 0.6 is 34.5 Å². The molecule has 3 heterocycles. The van der Waals surface area contributed by atoms with Gasteiger partial charge in [-0.25, -0.2) is 9.79 Å². The minimum Gasteiger partial charge on any atom is -0.491 e. The van der Waals surface area contributed by atoms with Crippen LogP contribution in [0.5, 0.6) is 5.75 Å². The second-order valence-corrected chi connectivity index (χ2v) is 11.6. The number of allylic oxidation sites excluding steroid dienone is 1. The van der Waals surface area contributed by atoms with E-state index in [9.17, 15) is 9.59 Å². The molecule has 0 N–H and O–H groups in total. The summed E-state index contributed by atoms with van der Waals surface area (Å²) in [4.78, 5) is 32.5. The van der Waals surface area contributed by atoms with Crippen LogP contribution in [-0.4, -0.2) is 37.0 Å². The molecule has 11 heteroatoms. The Morgan fingerprint density at radius 1 is 1.14 bits per heavy atom. The number of hydrogen-bond donors (Lipinski definition) is 0. The lowest BCUT2D eigenvalue weighted by Gasteiger charge is -2.27. The molecule has 0 fully saturated rings. The average Bonchev–Trinajstić information content (AvgIpc) is 3.53. The molecule has 8 nitrogen and oxygen atoms in total. The van der Waals surface area contributed by atoms with Gasteiger partial charge in [-0.05, 0) is 57.2 Å². The molecule has 218 valence electrons. The van der Waals surface area contributed by atoms with Crippen LogP contribution in [0.4, 0.5) is 0 Å². The number of carbonyl (C=O) groups is 1. The summed E-state index contributed by atoms with van der Waals surface area (Å²) in [6.45, 7) is 5.86. The molecule has 0 saturated carbocycles. The first-order valence-electron chi connectivity index (χ1n) is 13.2. The second kappa shape index (κ2) is 12.7. The number of fused-ring (bicyclic) bond motifs is 1. The molecule has 0 amide bonds. The summed E-state index contributed by atoms with van der Waals surface area (Å²) in [5.41, 5.74) is 1.64. The Morgan fingerprint density at radius 2 is 1.93 bits per heavy atom. The zero-order valence-corrected chi connectivity index (χ0v) is 25.7. The molecule has 0 radical (unpaired) electrons. The van der Waals surface area contributed by atoms with Gasteiger partial charge >= 0.3 is 5.97 Å². The molecule has 1 aliphatic heterocycles. The van der Waals surface area contributed by atoms with E-state index in [0.717, 1.165) is 0 Å². The first kappa shape index (κ1) is 29.8. The molecule has 1 aliphatic rings. The summed E-state index contributed by atoms with van der Waals surface area (Å²) < 4.78 is 24.6. The number of aromatic nitrogens is 1. The SMILES string of the molecule is COCCOC(=O)C1=C(C)N=c2s/c(=C/c3ccc(-c4cc(Cl)ccc4Cl)o3)c(=O)n2[C@@H]1c1ccccc1OC(C)C. The number of methoxy groups -OCH3 is 1. The molecule has 2 aromatic carbocycles.